The van der Waals surface area contributed by atoms with E-state index in [9.17, 15) is 13.2 Å². The van der Waals surface area contributed by atoms with Gasteiger partial charge in [-0.05, 0) is 24.6 Å². The van der Waals surface area contributed by atoms with Crippen LogP contribution in [-0.4, -0.2) is 38.0 Å². The van der Waals surface area contributed by atoms with E-state index in [1.807, 2.05) is 6.92 Å². The molecule has 0 unspecified atom stereocenters. The highest BCUT2D eigenvalue weighted by Crippen LogP contribution is 2.22. The fourth-order valence-corrected chi connectivity index (χ4v) is 3.23. The summed E-state index contributed by atoms with van der Waals surface area (Å²) in [6.45, 7) is 2.42. The second-order valence-electron chi connectivity index (χ2n) is 4.62. The zero-order chi connectivity index (χ0) is 16.0. The van der Waals surface area contributed by atoms with Crippen LogP contribution in [0, 0.1) is 0 Å². The van der Waals surface area contributed by atoms with E-state index >= 15 is 0 Å². The first kappa shape index (κ1) is 18.2. The second kappa shape index (κ2) is 7.98. The molecule has 0 radical (unpaired) electrons. The Hall–Kier alpha value is -0.820. The van der Waals surface area contributed by atoms with Gasteiger partial charge < -0.3 is 5.32 Å². The molecule has 1 aromatic rings. The molecule has 8 heteroatoms. The van der Waals surface area contributed by atoms with Crippen molar-refractivity contribution in [2.45, 2.75) is 19.8 Å². The number of hydrogen-bond acceptors (Lipinski definition) is 3. The minimum atomic E-state index is -3.30. The molecule has 0 aliphatic carbocycles. The Bertz CT molecular complexity index is 585. The monoisotopic (exact) mass is 352 g/mol. The molecule has 0 spiro atoms. The molecule has 0 heterocycles. The largest absolute Gasteiger partial charge is 0.326 e. The number of halogens is 2. The standard InChI is InChI=1S/C13H18Cl2N2O3S/c1-3-5-17(21(2,19)20)6-4-13(18)16-12-8-10(14)7-11(15)9-12/h7-9H,3-6H2,1-2H3,(H,16,18). The van der Waals surface area contributed by atoms with Crippen LogP contribution in [0.3, 0.4) is 0 Å². The molecule has 0 aliphatic rings. The molecule has 0 aromatic heterocycles. The maximum Gasteiger partial charge on any atom is 0.225 e. The Labute approximate surface area is 135 Å². The summed E-state index contributed by atoms with van der Waals surface area (Å²) < 4.78 is 24.4. The summed E-state index contributed by atoms with van der Waals surface area (Å²) in [5, 5.41) is 3.48. The highest BCUT2D eigenvalue weighted by Gasteiger charge is 2.16. The minimum absolute atomic E-state index is 0.0667. The highest BCUT2D eigenvalue weighted by molar-refractivity contribution is 7.88. The summed E-state index contributed by atoms with van der Waals surface area (Å²) in [5.41, 5.74) is 0.485. The van der Waals surface area contributed by atoms with Crippen LogP contribution in [0.15, 0.2) is 18.2 Å². The third kappa shape index (κ3) is 6.65. The fraction of sp³-hybridized carbons (Fsp3) is 0.462. The summed E-state index contributed by atoms with van der Waals surface area (Å²) in [4.78, 5) is 11.9. The van der Waals surface area contributed by atoms with E-state index in [2.05, 4.69) is 5.32 Å². The number of carbonyl (C=O) groups excluding carboxylic acids is 1. The van der Waals surface area contributed by atoms with Crippen LogP contribution in [0.5, 0.6) is 0 Å². The number of hydrogen-bond donors (Lipinski definition) is 1. The van der Waals surface area contributed by atoms with Crippen molar-refractivity contribution >= 4 is 44.8 Å². The Morgan fingerprint density at radius 1 is 1.19 bits per heavy atom. The fourth-order valence-electron chi connectivity index (χ4n) is 1.77. The van der Waals surface area contributed by atoms with Crippen molar-refractivity contribution in [1.82, 2.24) is 4.31 Å². The van der Waals surface area contributed by atoms with Gasteiger partial charge in [-0.15, -0.1) is 0 Å². The van der Waals surface area contributed by atoms with Gasteiger partial charge in [0.2, 0.25) is 15.9 Å². The van der Waals surface area contributed by atoms with Crippen LogP contribution in [0.2, 0.25) is 10.0 Å². The zero-order valence-electron chi connectivity index (χ0n) is 11.9. The molecule has 0 bridgehead atoms. The average Bonchev–Trinajstić information content (AvgIpc) is 2.31. The first-order valence-electron chi connectivity index (χ1n) is 6.43. The average molecular weight is 353 g/mol. The highest BCUT2D eigenvalue weighted by atomic mass is 35.5. The minimum Gasteiger partial charge on any atom is -0.326 e. The molecule has 0 saturated heterocycles. The molecule has 21 heavy (non-hydrogen) atoms. The molecular weight excluding hydrogens is 335 g/mol. The third-order valence-corrected chi connectivity index (χ3v) is 4.42. The lowest BCUT2D eigenvalue weighted by Gasteiger charge is -2.18. The van der Waals surface area contributed by atoms with Crippen LogP contribution in [0.1, 0.15) is 19.8 Å². The van der Waals surface area contributed by atoms with Crippen molar-refractivity contribution in [1.29, 1.82) is 0 Å². The van der Waals surface area contributed by atoms with Gasteiger partial charge in [0.05, 0.1) is 6.26 Å². The lowest BCUT2D eigenvalue weighted by atomic mass is 10.3. The van der Waals surface area contributed by atoms with Gasteiger partial charge in [0.25, 0.3) is 0 Å². The number of sulfonamides is 1. The Balaban J connectivity index is 2.61. The van der Waals surface area contributed by atoms with Gasteiger partial charge >= 0.3 is 0 Å². The Morgan fingerprint density at radius 3 is 2.24 bits per heavy atom. The molecule has 0 saturated carbocycles. The second-order valence-corrected chi connectivity index (χ2v) is 7.47. The van der Waals surface area contributed by atoms with E-state index in [1.165, 1.54) is 4.31 Å². The van der Waals surface area contributed by atoms with Crippen molar-refractivity contribution < 1.29 is 13.2 Å². The predicted octanol–water partition coefficient (Wildman–Crippen LogP) is 2.99. The van der Waals surface area contributed by atoms with Crippen LogP contribution in [0.25, 0.3) is 0 Å². The lowest BCUT2D eigenvalue weighted by Crippen LogP contribution is -2.33. The topological polar surface area (TPSA) is 66.5 Å². The summed E-state index contributed by atoms with van der Waals surface area (Å²) >= 11 is 11.7. The van der Waals surface area contributed by atoms with Gasteiger partial charge in [0, 0.05) is 35.2 Å². The lowest BCUT2D eigenvalue weighted by molar-refractivity contribution is -0.116. The molecule has 0 atom stereocenters. The van der Waals surface area contributed by atoms with Gasteiger partial charge in [0.15, 0.2) is 0 Å². The number of carbonyl (C=O) groups is 1. The number of amides is 1. The van der Waals surface area contributed by atoms with Crippen molar-refractivity contribution in [2.24, 2.45) is 0 Å². The molecule has 0 fully saturated rings. The normalized spacial score (nSPS) is 11.7. The van der Waals surface area contributed by atoms with Crippen molar-refractivity contribution in [3.05, 3.63) is 28.2 Å². The molecule has 1 N–H and O–H groups in total. The smallest absolute Gasteiger partial charge is 0.225 e. The van der Waals surface area contributed by atoms with Gasteiger partial charge in [-0.25, -0.2) is 12.7 Å². The van der Waals surface area contributed by atoms with Crippen LogP contribution in [0.4, 0.5) is 5.69 Å². The Kier molecular flexibility index (Phi) is 6.93. The van der Waals surface area contributed by atoms with Crippen LogP contribution >= 0.6 is 23.2 Å². The molecule has 1 aromatic carbocycles. The summed E-state index contributed by atoms with van der Waals surface area (Å²) in [5.74, 6) is -0.293. The van der Waals surface area contributed by atoms with Gasteiger partial charge in [-0.2, -0.15) is 0 Å². The van der Waals surface area contributed by atoms with E-state index in [-0.39, 0.29) is 18.9 Å². The summed E-state index contributed by atoms with van der Waals surface area (Å²) in [6, 6.07) is 4.71. The van der Waals surface area contributed by atoms with E-state index in [4.69, 9.17) is 23.2 Å². The SMILES string of the molecule is CCCN(CCC(=O)Nc1cc(Cl)cc(Cl)c1)S(C)(=O)=O. The first-order valence-corrected chi connectivity index (χ1v) is 9.04. The quantitative estimate of drug-likeness (QED) is 0.820. The van der Waals surface area contributed by atoms with E-state index in [0.29, 0.717) is 28.7 Å². The number of anilines is 1. The number of nitrogens with zero attached hydrogens (tertiary/aromatic N) is 1. The molecular formula is C13H18Cl2N2O3S. The summed E-state index contributed by atoms with van der Waals surface area (Å²) in [7, 11) is -3.30. The van der Waals surface area contributed by atoms with Crippen LogP contribution in [-0.2, 0) is 14.8 Å². The molecule has 1 amide bonds. The van der Waals surface area contributed by atoms with Crippen molar-refractivity contribution in [3.8, 4) is 0 Å². The van der Waals surface area contributed by atoms with Crippen LogP contribution < -0.4 is 5.32 Å². The summed E-state index contributed by atoms with van der Waals surface area (Å²) in [6.07, 6.45) is 1.90. The number of benzene rings is 1. The molecule has 0 aliphatic heterocycles. The predicted molar refractivity (Wildman–Crippen MR) is 86.4 cm³/mol. The molecule has 1 rings (SSSR count). The van der Waals surface area contributed by atoms with Crippen molar-refractivity contribution in [2.75, 3.05) is 24.7 Å². The van der Waals surface area contributed by atoms with Gasteiger partial charge in [-0.3, -0.25) is 4.79 Å². The number of nitrogens with one attached hydrogen (secondary N) is 1. The van der Waals surface area contributed by atoms with Gasteiger partial charge in [-0.1, -0.05) is 30.1 Å². The van der Waals surface area contributed by atoms with Crippen molar-refractivity contribution in [3.63, 3.8) is 0 Å². The van der Waals surface area contributed by atoms with E-state index in [1.54, 1.807) is 18.2 Å². The van der Waals surface area contributed by atoms with E-state index in [0.717, 1.165) is 6.26 Å². The van der Waals surface area contributed by atoms with Gasteiger partial charge in [0.1, 0.15) is 0 Å². The Morgan fingerprint density at radius 2 is 1.76 bits per heavy atom. The molecule has 5 nitrogen and oxygen atoms in total. The number of rotatable bonds is 7. The maximum atomic E-state index is 11.9. The molecule has 118 valence electrons. The first-order chi connectivity index (χ1) is 9.72. The van der Waals surface area contributed by atoms with E-state index < -0.39 is 10.0 Å². The third-order valence-electron chi connectivity index (χ3n) is 2.68. The zero-order valence-corrected chi connectivity index (χ0v) is 14.2. The maximum absolute atomic E-state index is 11.9.